The lowest BCUT2D eigenvalue weighted by molar-refractivity contribution is 0.357. The summed E-state index contributed by atoms with van der Waals surface area (Å²) in [6.07, 6.45) is 1.38. The number of benzene rings is 2. The minimum absolute atomic E-state index is 0.0670. The van der Waals surface area contributed by atoms with Crippen LogP contribution >= 0.6 is 11.3 Å². The van der Waals surface area contributed by atoms with Gasteiger partial charge in [-0.3, -0.25) is 0 Å². The fourth-order valence-electron chi connectivity index (χ4n) is 2.89. The smallest absolute Gasteiger partial charge is 0.212 e. The first-order chi connectivity index (χ1) is 12.1. The van der Waals surface area contributed by atoms with Gasteiger partial charge in [-0.25, -0.2) is 18.1 Å². The van der Waals surface area contributed by atoms with Crippen molar-refractivity contribution >= 4 is 31.6 Å². The number of ether oxygens (including phenoxy) is 1. The Hall–Kier alpha value is -1.96. The van der Waals surface area contributed by atoms with E-state index in [0.717, 1.165) is 38.5 Å². The number of nitrogens with zero attached hydrogens (tertiary/aromatic N) is 1. The molecule has 4 rings (SSSR count). The lowest BCUT2D eigenvalue weighted by Gasteiger charge is -2.06. The van der Waals surface area contributed by atoms with E-state index in [1.165, 1.54) is 11.3 Å². The second-order valence-electron chi connectivity index (χ2n) is 6.01. The van der Waals surface area contributed by atoms with Crippen molar-refractivity contribution in [1.29, 1.82) is 0 Å². The van der Waals surface area contributed by atoms with Gasteiger partial charge < -0.3 is 4.74 Å². The van der Waals surface area contributed by atoms with Crippen molar-refractivity contribution < 1.29 is 13.2 Å². The Balaban J connectivity index is 1.36. The third-order valence-corrected chi connectivity index (χ3v) is 6.56. The number of sulfonamides is 1. The number of aryl methyl sites for hydroxylation is 1. The zero-order valence-corrected chi connectivity index (χ0v) is 15.2. The van der Waals surface area contributed by atoms with Crippen LogP contribution in [0, 0.1) is 0 Å². The number of rotatable bonds is 6. The van der Waals surface area contributed by atoms with E-state index >= 15 is 0 Å². The summed E-state index contributed by atoms with van der Waals surface area (Å²) < 4.78 is 33.7. The van der Waals surface area contributed by atoms with Crippen molar-refractivity contribution in [2.75, 3.05) is 12.4 Å². The summed E-state index contributed by atoms with van der Waals surface area (Å²) in [5.41, 5.74) is 3.09. The van der Waals surface area contributed by atoms with Crippen LogP contribution in [-0.4, -0.2) is 25.8 Å². The van der Waals surface area contributed by atoms with Crippen molar-refractivity contribution in [3.8, 4) is 5.75 Å². The van der Waals surface area contributed by atoms with E-state index in [1.807, 2.05) is 42.5 Å². The minimum Gasteiger partial charge on any atom is -0.493 e. The molecular weight excluding hydrogens is 356 g/mol. The molecular formula is C18H18N2O3S2. The van der Waals surface area contributed by atoms with Gasteiger partial charge in [0, 0.05) is 6.42 Å². The van der Waals surface area contributed by atoms with Crippen LogP contribution in [0.3, 0.4) is 0 Å². The Morgan fingerprint density at radius 2 is 2.08 bits per heavy atom. The van der Waals surface area contributed by atoms with Gasteiger partial charge in [0.05, 0.1) is 29.1 Å². The maximum atomic E-state index is 12.3. The average molecular weight is 374 g/mol. The normalized spacial score (nSPS) is 13.8. The molecule has 0 unspecified atom stereocenters. The standard InChI is InChI=1S/C18H18N2O3S2/c21-25(22,10-8-13-5-6-16-14(11-13)7-9-23-16)19-12-18-20-15-3-1-2-4-17(15)24-18/h1-6,11,19H,7-10,12H2. The van der Waals surface area contributed by atoms with E-state index in [9.17, 15) is 8.42 Å². The summed E-state index contributed by atoms with van der Waals surface area (Å²) in [7, 11) is -3.34. The van der Waals surface area contributed by atoms with Crippen LogP contribution in [0.2, 0.25) is 0 Å². The van der Waals surface area contributed by atoms with Gasteiger partial charge >= 0.3 is 0 Å². The molecule has 130 valence electrons. The van der Waals surface area contributed by atoms with Gasteiger partial charge in [-0.05, 0) is 35.7 Å². The molecule has 3 aromatic rings. The van der Waals surface area contributed by atoms with Crippen molar-refractivity contribution in [3.05, 3.63) is 58.6 Å². The molecule has 2 aromatic carbocycles. The monoisotopic (exact) mass is 374 g/mol. The summed E-state index contributed by atoms with van der Waals surface area (Å²) in [6, 6.07) is 13.7. The third-order valence-electron chi connectivity index (χ3n) is 4.19. The molecule has 0 amide bonds. The van der Waals surface area contributed by atoms with Crippen molar-refractivity contribution in [2.24, 2.45) is 0 Å². The first-order valence-electron chi connectivity index (χ1n) is 8.15. The molecule has 1 aliphatic heterocycles. The second kappa shape index (κ2) is 6.74. The topological polar surface area (TPSA) is 68.3 Å². The van der Waals surface area contributed by atoms with Gasteiger partial charge in [0.1, 0.15) is 10.8 Å². The van der Waals surface area contributed by atoms with Gasteiger partial charge in [0.15, 0.2) is 0 Å². The molecule has 0 bridgehead atoms. The van der Waals surface area contributed by atoms with E-state index < -0.39 is 10.0 Å². The van der Waals surface area contributed by atoms with E-state index in [0.29, 0.717) is 13.0 Å². The maximum absolute atomic E-state index is 12.3. The quantitative estimate of drug-likeness (QED) is 0.720. The maximum Gasteiger partial charge on any atom is 0.212 e. The Morgan fingerprint density at radius 1 is 1.20 bits per heavy atom. The molecule has 0 aliphatic carbocycles. The Bertz CT molecular complexity index is 979. The molecule has 0 saturated carbocycles. The van der Waals surface area contributed by atoms with E-state index in [4.69, 9.17) is 4.74 Å². The van der Waals surface area contributed by atoms with Crippen molar-refractivity contribution in [3.63, 3.8) is 0 Å². The summed E-state index contributed by atoms with van der Waals surface area (Å²) in [6.45, 7) is 0.945. The predicted octanol–water partition coefficient (Wildman–Crippen LogP) is 2.89. The van der Waals surface area contributed by atoms with Gasteiger partial charge in [-0.1, -0.05) is 24.3 Å². The third kappa shape index (κ3) is 3.84. The van der Waals surface area contributed by atoms with Gasteiger partial charge in [-0.15, -0.1) is 11.3 Å². The highest BCUT2D eigenvalue weighted by Crippen LogP contribution is 2.26. The zero-order valence-electron chi connectivity index (χ0n) is 13.6. The van der Waals surface area contributed by atoms with Crippen LogP contribution in [0.4, 0.5) is 0 Å². The largest absolute Gasteiger partial charge is 0.493 e. The molecule has 7 heteroatoms. The Morgan fingerprint density at radius 3 is 2.96 bits per heavy atom. The number of aromatic nitrogens is 1. The SMILES string of the molecule is O=S(=O)(CCc1ccc2c(c1)CCO2)NCc1nc2ccccc2s1. The first kappa shape index (κ1) is 16.5. The number of hydrogen-bond acceptors (Lipinski definition) is 5. The van der Waals surface area contributed by atoms with Crippen LogP contribution in [0.25, 0.3) is 10.2 Å². The number of hydrogen-bond donors (Lipinski definition) is 1. The van der Waals surface area contributed by atoms with Crippen LogP contribution < -0.4 is 9.46 Å². The molecule has 0 saturated heterocycles. The summed E-state index contributed by atoms with van der Waals surface area (Å²) >= 11 is 1.51. The summed E-state index contributed by atoms with van der Waals surface area (Å²) in [5.74, 6) is 0.984. The van der Waals surface area contributed by atoms with E-state index in [1.54, 1.807) is 0 Å². The lowest BCUT2D eigenvalue weighted by Crippen LogP contribution is -2.26. The molecule has 0 spiro atoms. The Kier molecular flexibility index (Phi) is 4.45. The van der Waals surface area contributed by atoms with Crippen LogP contribution in [0.15, 0.2) is 42.5 Å². The molecule has 1 aromatic heterocycles. The number of para-hydroxylation sites is 1. The summed E-state index contributed by atoms with van der Waals surface area (Å²) in [4.78, 5) is 4.45. The zero-order chi connectivity index (χ0) is 17.3. The lowest BCUT2D eigenvalue weighted by atomic mass is 10.1. The molecule has 25 heavy (non-hydrogen) atoms. The predicted molar refractivity (Wildman–Crippen MR) is 99.6 cm³/mol. The van der Waals surface area contributed by atoms with Gasteiger partial charge in [-0.2, -0.15) is 0 Å². The van der Waals surface area contributed by atoms with Crippen LogP contribution in [0.1, 0.15) is 16.1 Å². The van der Waals surface area contributed by atoms with Crippen LogP contribution in [-0.2, 0) is 29.4 Å². The average Bonchev–Trinajstić information content (AvgIpc) is 3.24. The highest BCUT2D eigenvalue weighted by Gasteiger charge is 2.15. The van der Waals surface area contributed by atoms with E-state index in [-0.39, 0.29) is 12.3 Å². The highest BCUT2D eigenvalue weighted by atomic mass is 32.2. The molecule has 0 fully saturated rings. The number of nitrogens with one attached hydrogen (secondary N) is 1. The fraction of sp³-hybridized carbons (Fsp3) is 0.278. The Labute approximate surface area is 150 Å². The van der Waals surface area contributed by atoms with Gasteiger partial charge in [0.2, 0.25) is 10.0 Å². The molecule has 0 atom stereocenters. The van der Waals surface area contributed by atoms with E-state index in [2.05, 4.69) is 9.71 Å². The molecule has 1 aliphatic rings. The molecule has 0 radical (unpaired) electrons. The second-order valence-corrected chi connectivity index (χ2v) is 9.05. The van der Waals surface area contributed by atoms with Gasteiger partial charge in [0.25, 0.3) is 0 Å². The van der Waals surface area contributed by atoms with Crippen molar-refractivity contribution in [1.82, 2.24) is 9.71 Å². The number of thiazole rings is 1. The highest BCUT2D eigenvalue weighted by molar-refractivity contribution is 7.89. The van der Waals surface area contributed by atoms with Crippen LogP contribution in [0.5, 0.6) is 5.75 Å². The molecule has 2 heterocycles. The first-order valence-corrected chi connectivity index (χ1v) is 10.6. The fourth-order valence-corrected chi connectivity index (χ4v) is 4.89. The summed E-state index contributed by atoms with van der Waals surface area (Å²) in [5, 5.41) is 0.777. The minimum atomic E-state index is -3.34. The molecule has 1 N–H and O–H groups in total. The molecule has 5 nitrogen and oxygen atoms in total. The number of fused-ring (bicyclic) bond motifs is 2. The van der Waals surface area contributed by atoms with Crippen molar-refractivity contribution in [2.45, 2.75) is 19.4 Å².